The zero-order valence-electron chi connectivity index (χ0n) is 13.0. The van der Waals surface area contributed by atoms with Crippen LogP contribution in [0.2, 0.25) is 0 Å². The monoisotopic (exact) mass is 326 g/mol. The molecule has 0 spiro atoms. The van der Waals surface area contributed by atoms with Crippen molar-refractivity contribution >= 4 is 11.6 Å². The highest BCUT2D eigenvalue weighted by Gasteiger charge is 2.14. The van der Waals surface area contributed by atoms with Crippen LogP contribution in [0.5, 0.6) is 0 Å². The second-order valence-electron chi connectivity index (χ2n) is 5.40. The molecule has 3 rings (SSSR count). The van der Waals surface area contributed by atoms with Crippen molar-refractivity contribution in [1.29, 1.82) is 0 Å². The fourth-order valence-corrected chi connectivity index (χ4v) is 2.51. The summed E-state index contributed by atoms with van der Waals surface area (Å²) in [5.41, 5.74) is 1.10. The summed E-state index contributed by atoms with van der Waals surface area (Å²) in [5.74, 6) is -0.248. The van der Waals surface area contributed by atoms with Crippen LogP contribution in [-0.4, -0.2) is 31.8 Å². The average Bonchev–Trinajstić information content (AvgIpc) is 2.95. The Morgan fingerprint density at radius 2 is 1.92 bits per heavy atom. The summed E-state index contributed by atoms with van der Waals surface area (Å²) in [6.07, 6.45) is 1.74. The first-order valence-corrected chi connectivity index (χ1v) is 7.68. The molecule has 0 aliphatic heterocycles. The predicted octanol–water partition coefficient (Wildman–Crippen LogP) is 0.736. The van der Waals surface area contributed by atoms with Gasteiger partial charge in [0.2, 0.25) is 5.91 Å². The van der Waals surface area contributed by atoms with Gasteiger partial charge in [-0.3, -0.25) is 9.20 Å². The number of rotatable bonds is 6. The molecule has 2 aromatic heterocycles. The van der Waals surface area contributed by atoms with Crippen LogP contribution in [0.4, 0.5) is 0 Å². The number of benzene rings is 1. The minimum atomic E-state index is -0.462. The Kier molecular flexibility index (Phi) is 4.72. The van der Waals surface area contributed by atoms with Crippen molar-refractivity contribution in [2.75, 3.05) is 6.61 Å². The Balaban J connectivity index is 1.64. The molecule has 3 aromatic rings. The van der Waals surface area contributed by atoms with Crippen molar-refractivity contribution in [3.8, 4) is 0 Å². The minimum Gasteiger partial charge on any atom is -0.394 e. The number of aliphatic hydroxyl groups is 1. The summed E-state index contributed by atoms with van der Waals surface area (Å²) in [4.78, 5) is 24.2. The van der Waals surface area contributed by atoms with E-state index in [1.54, 1.807) is 24.4 Å². The van der Waals surface area contributed by atoms with Crippen LogP contribution < -0.4 is 11.0 Å². The van der Waals surface area contributed by atoms with Crippen molar-refractivity contribution in [2.24, 2.45) is 0 Å². The number of nitrogens with zero attached hydrogens (tertiary/aromatic N) is 3. The molecule has 7 heteroatoms. The van der Waals surface area contributed by atoms with Gasteiger partial charge in [-0.2, -0.15) is 0 Å². The molecular formula is C17H18N4O3. The van der Waals surface area contributed by atoms with Gasteiger partial charge in [-0.15, -0.1) is 5.10 Å². The number of nitrogens with one attached hydrogen (secondary N) is 1. The number of pyridine rings is 1. The SMILES string of the molecule is O=C(CCn1nc2ccccn2c1=O)NC(CO)c1ccccc1. The average molecular weight is 326 g/mol. The lowest BCUT2D eigenvalue weighted by Crippen LogP contribution is -2.32. The molecule has 7 nitrogen and oxygen atoms in total. The van der Waals surface area contributed by atoms with Crippen LogP contribution >= 0.6 is 0 Å². The van der Waals surface area contributed by atoms with Gasteiger partial charge >= 0.3 is 5.69 Å². The Bertz CT molecular complexity index is 885. The fraction of sp³-hybridized carbons (Fsp3) is 0.235. The second kappa shape index (κ2) is 7.10. The molecule has 2 heterocycles. The fourth-order valence-electron chi connectivity index (χ4n) is 2.51. The van der Waals surface area contributed by atoms with Gasteiger partial charge in [0.05, 0.1) is 19.2 Å². The number of aromatic nitrogens is 3. The van der Waals surface area contributed by atoms with Crippen molar-refractivity contribution in [2.45, 2.75) is 19.0 Å². The van der Waals surface area contributed by atoms with Crippen LogP contribution in [0.3, 0.4) is 0 Å². The first kappa shape index (κ1) is 15.9. The van der Waals surface area contributed by atoms with Crippen molar-refractivity contribution < 1.29 is 9.90 Å². The minimum absolute atomic E-state index is 0.104. The molecule has 1 unspecified atom stereocenters. The largest absolute Gasteiger partial charge is 0.394 e. The zero-order valence-corrected chi connectivity index (χ0v) is 13.0. The second-order valence-corrected chi connectivity index (χ2v) is 5.40. The van der Waals surface area contributed by atoms with Gasteiger partial charge in [0.25, 0.3) is 0 Å². The standard InChI is InChI=1S/C17H18N4O3/c22-12-14(13-6-2-1-3-7-13)18-16(23)9-11-21-17(24)20-10-5-4-8-15(20)19-21/h1-8,10,14,22H,9,11-12H2,(H,18,23). The molecule has 124 valence electrons. The van der Waals surface area contributed by atoms with Crippen LogP contribution in [-0.2, 0) is 11.3 Å². The van der Waals surface area contributed by atoms with Crippen LogP contribution in [0.15, 0.2) is 59.5 Å². The molecule has 0 radical (unpaired) electrons. The molecule has 1 amide bonds. The van der Waals surface area contributed by atoms with E-state index in [9.17, 15) is 14.7 Å². The van der Waals surface area contributed by atoms with E-state index in [4.69, 9.17) is 0 Å². The van der Waals surface area contributed by atoms with Gasteiger partial charge in [-0.1, -0.05) is 36.4 Å². The van der Waals surface area contributed by atoms with E-state index in [2.05, 4.69) is 10.4 Å². The first-order chi connectivity index (χ1) is 11.7. The summed E-state index contributed by atoms with van der Waals surface area (Å²) < 4.78 is 2.70. The van der Waals surface area contributed by atoms with Crippen LogP contribution in [0, 0.1) is 0 Å². The number of fused-ring (bicyclic) bond motifs is 1. The molecule has 0 aliphatic rings. The maximum absolute atomic E-state index is 12.1. The lowest BCUT2D eigenvalue weighted by atomic mass is 10.1. The molecule has 0 saturated heterocycles. The maximum Gasteiger partial charge on any atom is 0.350 e. The number of aryl methyl sites for hydroxylation is 1. The van der Waals surface area contributed by atoms with Crippen molar-refractivity contribution in [1.82, 2.24) is 19.5 Å². The highest BCUT2D eigenvalue weighted by molar-refractivity contribution is 5.76. The number of amides is 1. The lowest BCUT2D eigenvalue weighted by molar-refractivity contribution is -0.122. The Morgan fingerprint density at radius 1 is 1.17 bits per heavy atom. The van der Waals surface area contributed by atoms with Gasteiger partial charge < -0.3 is 10.4 Å². The number of hydrogen-bond donors (Lipinski definition) is 2. The molecule has 1 atom stereocenters. The van der Waals surface area contributed by atoms with Crippen molar-refractivity contribution in [3.05, 3.63) is 70.8 Å². The van der Waals surface area contributed by atoms with E-state index < -0.39 is 6.04 Å². The van der Waals surface area contributed by atoms with Crippen LogP contribution in [0.1, 0.15) is 18.0 Å². The summed E-state index contributed by atoms with van der Waals surface area (Å²) in [5, 5.41) is 16.4. The number of carbonyl (C=O) groups is 1. The molecule has 0 saturated carbocycles. The number of aliphatic hydroxyl groups excluding tert-OH is 1. The number of carbonyl (C=O) groups excluding carboxylic acids is 1. The molecular weight excluding hydrogens is 308 g/mol. The Morgan fingerprint density at radius 3 is 2.62 bits per heavy atom. The van der Waals surface area contributed by atoms with Gasteiger partial charge in [0, 0.05) is 12.6 Å². The predicted molar refractivity (Wildman–Crippen MR) is 88.5 cm³/mol. The van der Waals surface area contributed by atoms with E-state index in [0.717, 1.165) is 5.56 Å². The molecule has 1 aromatic carbocycles. The van der Waals surface area contributed by atoms with Gasteiger partial charge in [0.1, 0.15) is 0 Å². The lowest BCUT2D eigenvalue weighted by Gasteiger charge is -2.16. The summed E-state index contributed by atoms with van der Waals surface area (Å²) >= 11 is 0. The molecule has 24 heavy (non-hydrogen) atoms. The topological polar surface area (TPSA) is 88.6 Å². The zero-order chi connectivity index (χ0) is 16.9. The summed E-state index contributed by atoms with van der Waals surface area (Å²) in [6, 6.07) is 14.1. The summed E-state index contributed by atoms with van der Waals surface area (Å²) in [7, 11) is 0. The molecule has 0 fully saturated rings. The quantitative estimate of drug-likeness (QED) is 0.699. The third kappa shape index (κ3) is 3.36. The molecule has 0 bridgehead atoms. The van der Waals surface area contributed by atoms with Crippen molar-refractivity contribution in [3.63, 3.8) is 0 Å². The summed E-state index contributed by atoms with van der Waals surface area (Å²) in [6.45, 7) is -0.0106. The highest BCUT2D eigenvalue weighted by Crippen LogP contribution is 2.11. The molecule has 2 N–H and O–H groups in total. The third-order valence-corrected chi connectivity index (χ3v) is 3.76. The Hall–Kier alpha value is -2.93. The Labute approximate surface area is 138 Å². The highest BCUT2D eigenvalue weighted by atomic mass is 16.3. The van der Waals surface area contributed by atoms with E-state index in [1.165, 1.54) is 9.08 Å². The molecule has 0 aliphatic carbocycles. The normalized spacial score (nSPS) is 12.2. The maximum atomic E-state index is 12.1. The van der Waals surface area contributed by atoms with E-state index in [-0.39, 0.29) is 31.2 Å². The van der Waals surface area contributed by atoms with Gasteiger partial charge in [-0.25, -0.2) is 9.48 Å². The third-order valence-electron chi connectivity index (χ3n) is 3.76. The van der Waals surface area contributed by atoms with Gasteiger partial charge in [-0.05, 0) is 17.7 Å². The van der Waals surface area contributed by atoms with E-state index in [1.807, 2.05) is 30.3 Å². The first-order valence-electron chi connectivity index (χ1n) is 7.68. The van der Waals surface area contributed by atoms with Gasteiger partial charge in [0.15, 0.2) is 5.65 Å². The van der Waals surface area contributed by atoms with E-state index in [0.29, 0.717) is 5.65 Å². The van der Waals surface area contributed by atoms with Crippen LogP contribution in [0.25, 0.3) is 5.65 Å². The smallest absolute Gasteiger partial charge is 0.350 e. The van der Waals surface area contributed by atoms with E-state index >= 15 is 0 Å². The number of hydrogen-bond acceptors (Lipinski definition) is 4.